The predicted molar refractivity (Wildman–Crippen MR) is 139 cm³/mol. The molecule has 0 saturated carbocycles. The van der Waals surface area contributed by atoms with Crippen LogP contribution in [0.25, 0.3) is 0 Å². The molecule has 6 nitrogen and oxygen atoms in total. The number of nitrogens with zero attached hydrogens (tertiary/aromatic N) is 2. The van der Waals surface area contributed by atoms with Crippen LogP contribution in [0.1, 0.15) is 27.0 Å². The quantitative estimate of drug-likeness (QED) is 0.226. The van der Waals surface area contributed by atoms with E-state index in [1.165, 1.54) is 42.5 Å². The zero-order valence-electron chi connectivity index (χ0n) is 19.8. The molecule has 0 saturated heterocycles. The first-order valence-electron chi connectivity index (χ1n) is 11.4. The molecular formula is C28H22F3N3O3S. The van der Waals surface area contributed by atoms with Crippen molar-refractivity contribution in [3.05, 3.63) is 131 Å². The van der Waals surface area contributed by atoms with Gasteiger partial charge < -0.3 is 0 Å². The largest absolute Gasteiger partial charge is 0.417 e. The van der Waals surface area contributed by atoms with E-state index >= 15 is 0 Å². The van der Waals surface area contributed by atoms with E-state index in [4.69, 9.17) is 0 Å². The van der Waals surface area contributed by atoms with Crippen molar-refractivity contribution in [1.29, 1.82) is 0 Å². The van der Waals surface area contributed by atoms with Gasteiger partial charge in [0.1, 0.15) is 0 Å². The Labute approximate surface area is 218 Å². The van der Waals surface area contributed by atoms with E-state index in [-0.39, 0.29) is 28.3 Å². The van der Waals surface area contributed by atoms with Crippen molar-refractivity contribution in [2.75, 3.05) is 4.31 Å². The first-order valence-corrected chi connectivity index (χ1v) is 12.8. The SMILES string of the molecule is O=C(N/N=C\c1ccccc1C(F)(F)F)c1ccccc1N(Cc1ccccc1)S(=O)(=O)c1ccccc1. The summed E-state index contributed by atoms with van der Waals surface area (Å²) in [7, 11) is -4.10. The zero-order chi connectivity index (χ0) is 27.2. The molecule has 0 radical (unpaired) electrons. The molecule has 0 heterocycles. The molecule has 0 aliphatic heterocycles. The third-order valence-electron chi connectivity index (χ3n) is 5.55. The van der Waals surface area contributed by atoms with Gasteiger partial charge in [0.2, 0.25) is 0 Å². The molecule has 0 aliphatic carbocycles. The molecule has 0 unspecified atom stereocenters. The van der Waals surface area contributed by atoms with Crippen molar-refractivity contribution in [1.82, 2.24) is 5.43 Å². The van der Waals surface area contributed by atoms with Gasteiger partial charge in [0.05, 0.1) is 34.5 Å². The number of halogens is 3. The van der Waals surface area contributed by atoms with Crippen LogP contribution >= 0.6 is 0 Å². The lowest BCUT2D eigenvalue weighted by molar-refractivity contribution is -0.137. The Balaban J connectivity index is 1.69. The van der Waals surface area contributed by atoms with Gasteiger partial charge >= 0.3 is 6.18 Å². The lowest BCUT2D eigenvalue weighted by Gasteiger charge is -2.26. The van der Waals surface area contributed by atoms with E-state index < -0.39 is 27.7 Å². The number of para-hydroxylation sites is 1. The van der Waals surface area contributed by atoms with Crippen molar-refractivity contribution in [2.45, 2.75) is 17.6 Å². The molecule has 0 atom stereocenters. The van der Waals surface area contributed by atoms with Gasteiger partial charge in [-0.05, 0) is 35.9 Å². The molecule has 4 aromatic carbocycles. The Morgan fingerprint density at radius 3 is 2.08 bits per heavy atom. The smallest absolute Gasteiger partial charge is 0.267 e. The van der Waals surface area contributed by atoms with E-state index in [0.717, 1.165) is 16.6 Å². The molecule has 0 fully saturated rings. The van der Waals surface area contributed by atoms with Gasteiger partial charge in [-0.15, -0.1) is 0 Å². The third kappa shape index (κ3) is 6.09. The van der Waals surface area contributed by atoms with Crippen LogP contribution < -0.4 is 9.73 Å². The van der Waals surface area contributed by atoms with Crippen LogP contribution in [0.15, 0.2) is 119 Å². The Morgan fingerprint density at radius 1 is 0.816 bits per heavy atom. The molecule has 4 rings (SSSR count). The van der Waals surface area contributed by atoms with Crippen LogP contribution in [0.4, 0.5) is 18.9 Å². The number of alkyl halides is 3. The highest BCUT2D eigenvalue weighted by molar-refractivity contribution is 7.92. The molecule has 1 N–H and O–H groups in total. The summed E-state index contributed by atoms with van der Waals surface area (Å²) in [4.78, 5) is 13.1. The molecule has 0 spiro atoms. The van der Waals surface area contributed by atoms with E-state index in [1.54, 1.807) is 60.7 Å². The van der Waals surface area contributed by atoms with Gasteiger partial charge in [-0.2, -0.15) is 18.3 Å². The van der Waals surface area contributed by atoms with E-state index in [9.17, 15) is 26.4 Å². The molecule has 10 heteroatoms. The van der Waals surface area contributed by atoms with Crippen molar-refractivity contribution in [3.63, 3.8) is 0 Å². The third-order valence-corrected chi connectivity index (χ3v) is 7.33. The fourth-order valence-corrected chi connectivity index (χ4v) is 5.23. The number of hydrogen-bond acceptors (Lipinski definition) is 4. The van der Waals surface area contributed by atoms with Crippen LogP contribution in [0.5, 0.6) is 0 Å². The fraction of sp³-hybridized carbons (Fsp3) is 0.0714. The lowest BCUT2D eigenvalue weighted by Crippen LogP contribution is -2.33. The minimum Gasteiger partial charge on any atom is -0.267 e. The highest BCUT2D eigenvalue weighted by Crippen LogP contribution is 2.31. The second kappa shape index (κ2) is 11.3. The molecule has 4 aromatic rings. The van der Waals surface area contributed by atoms with Crippen LogP contribution in [-0.4, -0.2) is 20.5 Å². The summed E-state index contributed by atoms with van der Waals surface area (Å²) < 4.78 is 68.3. The average Bonchev–Trinajstić information content (AvgIpc) is 2.92. The van der Waals surface area contributed by atoms with Crippen LogP contribution in [0.3, 0.4) is 0 Å². The minimum atomic E-state index is -4.59. The minimum absolute atomic E-state index is 0.0239. The van der Waals surface area contributed by atoms with Gasteiger partial charge in [0, 0.05) is 5.56 Å². The van der Waals surface area contributed by atoms with Gasteiger partial charge in [0.15, 0.2) is 0 Å². The van der Waals surface area contributed by atoms with Crippen LogP contribution in [0.2, 0.25) is 0 Å². The monoisotopic (exact) mass is 537 g/mol. The molecule has 194 valence electrons. The summed E-state index contributed by atoms with van der Waals surface area (Å²) in [5, 5.41) is 3.70. The Morgan fingerprint density at radius 2 is 1.39 bits per heavy atom. The normalized spacial score (nSPS) is 11.9. The Hall–Kier alpha value is -4.44. The van der Waals surface area contributed by atoms with Gasteiger partial charge in [-0.25, -0.2) is 13.8 Å². The van der Waals surface area contributed by atoms with E-state index in [2.05, 4.69) is 10.5 Å². The van der Waals surface area contributed by atoms with E-state index in [1.807, 2.05) is 0 Å². The van der Waals surface area contributed by atoms with Gasteiger partial charge in [-0.3, -0.25) is 9.10 Å². The molecule has 0 bridgehead atoms. The number of rotatable bonds is 8. The number of hydrogen-bond donors (Lipinski definition) is 1. The van der Waals surface area contributed by atoms with Crippen molar-refractivity contribution in [2.24, 2.45) is 5.10 Å². The highest BCUT2D eigenvalue weighted by Gasteiger charge is 2.32. The predicted octanol–water partition coefficient (Wildman–Crippen LogP) is 5.86. The highest BCUT2D eigenvalue weighted by atomic mass is 32.2. The number of anilines is 1. The number of hydrazone groups is 1. The van der Waals surface area contributed by atoms with Crippen LogP contribution in [0, 0.1) is 0 Å². The van der Waals surface area contributed by atoms with Crippen molar-refractivity contribution >= 4 is 27.8 Å². The number of amides is 1. The van der Waals surface area contributed by atoms with Crippen LogP contribution in [-0.2, 0) is 22.7 Å². The molecule has 0 aliphatic rings. The first kappa shape index (κ1) is 26.6. The number of nitrogens with one attached hydrogen (secondary N) is 1. The maximum atomic E-state index is 13.7. The number of sulfonamides is 1. The summed E-state index contributed by atoms with van der Waals surface area (Å²) in [5.74, 6) is -0.789. The Kier molecular flexibility index (Phi) is 7.92. The summed E-state index contributed by atoms with van der Waals surface area (Å²) >= 11 is 0. The Bertz CT molecular complexity index is 1540. The molecule has 0 aromatic heterocycles. The summed E-state index contributed by atoms with van der Waals surface area (Å²) in [6, 6.07) is 27.5. The maximum absolute atomic E-state index is 13.7. The summed E-state index contributed by atoms with van der Waals surface area (Å²) in [5.41, 5.74) is 1.83. The maximum Gasteiger partial charge on any atom is 0.417 e. The summed E-state index contributed by atoms with van der Waals surface area (Å²) in [6.45, 7) is -0.0649. The average molecular weight is 538 g/mol. The molecule has 1 amide bonds. The van der Waals surface area contributed by atoms with E-state index in [0.29, 0.717) is 5.56 Å². The fourth-order valence-electron chi connectivity index (χ4n) is 3.74. The zero-order valence-corrected chi connectivity index (χ0v) is 20.7. The number of carbonyl (C=O) groups excluding carboxylic acids is 1. The standard InChI is InChI=1S/C28H22F3N3O3S/c29-28(30,31)25-17-9-7-13-22(25)19-32-33-27(35)24-16-8-10-18-26(24)34(20-21-11-3-1-4-12-21)38(36,37)23-14-5-2-6-15-23/h1-19H,20H2,(H,33,35)/b32-19-. The number of benzene rings is 4. The molecular weight excluding hydrogens is 515 g/mol. The number of carbonyl (C=O) groups is 1. The second-order valence-corrected chi connectivity index (χ2v) is 9.97. The van der Waals surface area contributed by atoms with Crippen molar-refractivity contribution < 1.29 is 26.4 Å². The van der Waals surface area contributed by atoms with Crippen molar-refractivity contribution in [3.8, 4) is 0 Å². The molecule has 38 heavy (non-hydrogen) atoms. The summed E-state index contributed by atoms with van der Waals surface area (Å²) in [6.07, 6.45) is -3.70. The lowest BCUT2D eigenvalue weighted by atomic mass is 10.1. The second-order valence-electron chi connectivity index (χ2n) is 8.11. The topological polar surface area (TPSA) is 78.8 Å². The van der Waals surface area contributed by atoms with Gasteiger partial charge in [-0.1, -0.05) is 78.9 Å². The first-order chi connectivity index (χ1) is 18.2. The van der Waals surface area contributed by atoms with Gasteiger partial charge in [0.25, 0.3) is 15.9 Å².